The molecule has 0 aliphatic carbocycles. The lowest BCUT2D eigenvalue weighted by atomic mass is 10.5. The topological polar surface area (TPSA) is 55.2 Å². The quantitative estimate of drug-likeness (QED) is 0.723. The number of aryl methyl sites for hydroxylation is 1. The lowest BCUT2D eigenvalue weighted by Crippen LogP contribution is -2.18. The molecule has 0 unspecified atom stereocenters. The molecule has 0 aliphatic heterocycles. The summed E-state index contributed by atoms with van der Waals surface area (Å²) < 4.78 is 25.1. The monoisotopic (exact) mass is 231 g/mol. The molecule has 0 aliphatic rings. The molecule has 0 saturated heterocycles. The molecule has 15 heavy (non-hydrogen) atoms. The number of aromatic nitrogens is 2. The molecule has 0 fully saturated rings. The molecule has 1 aromatic heterocycles. The van der Waals surface area contributed by atoms with Crippen LogP contribution in [0.4, 0.5) is 0 Å². The second kappa shape index (κ2) is 4.76. The highest BCUT2D eigenvalue weighted by Gasteiger charge is 2.18. The molecule has 0 atom stereocenters. The zero-order valence-electron chi connectivity index (χ0n) is 9.34. The van der Waals surface area contributed by atoms with Crippen LogP contribution < -0.4 is 0 Å². The predicted molar refractivity (Wildman–Crippen MR) is 58.4 cm³/mol. The molecule has 0 aromatic carbocycles. The Morgan fingerprint density at radius 3 is 2.60 bits per heavy atom. The van der Waals surface area contributed by atoms with Crippen LogP contribution in [0.15, 0.2) is 17.6 Å². The van der Waals surface area contributed by atoms with Gasteiger partial charge in [-0.15, -0.1) is 0 Å². The normalized spacial score (nSPS) is 12.3. The van der Waals surface area contributed by atoms with Crippen molar-refractivity contribution in [1.82, 2.24) is 14.5 Å². The van der Waals surface area contributed by atoms with Crippen LogP contribution in [-0.4, -0.2) is 49.3 Å². The molecule has 5 nitrogen and oxygen atoms in total. The smallest absolute Gasteiger partial charge is 0.227 e. The molecule has 1 heterocycles. The first kappa shape index (κ1) is 12.2. The number of hydrogen-bond acceptors (Lipinski definition) is 4. The predicted octanol–water partition coefficient (Wildman–Crippen LogP) is 0.145. The van der Waals surface area contributed by atoms with E-state index in [2.05, 4.69) is 4.98 Å². The van der Waals surface area contributed by atoms with E-state index in [-0.39, 0.29) is 10.9 Å². The lowest BCUT2D eigenvalue weighted by Gasteiger charge is -2.09. The summed E-state index contributed by atoms with van der Waals surface area (Å²) in [7, 11) is 2.32. The first-order valence-corrected chi connectivity index (χ1v) is 6.43. The van der Waals surface area contributed by atoms with E-state index < -0.39 is 9.84 Å². The molecule has 86 valence electrons. The molecule has 0 amide bonds. The summed E-state index contributed by atoms with van der Waals surface area (Å²) >= 11 is 0. The molecule has 1 aromatic rings. The molecule has 0 radical (unpaired) electrons. The average Bonchev–Trinajstić information content (AvgIpc) is 2.50. The Kier molecular flexibility index (Phi) is 3.87. The van der Waals surface area contributed by atoms with Crippen LogP contribution in [-0.2, 0) is 16.9 Å². The highest BCUT2D eigenvalue weighted by molar-refractivity contribution is 7.91. The van der Waals surface area contributed by atoms with Gasteiger partial charge in [0.25, 0.3) is 0 Å². The fourth-order valence-corrected chi connectivity index (χ4v) is 2.73. The van der Waals surface area contributed by atoms with E-state index in [1.807, 2.05) is 19.0 Å². The molecule has 0 N–H and O–H groups in total. The fraction of sp³-hybridized carbons (Fsp3) is 0.667. The van der Waals surface area contributed by atoms with Crippen molar-refractivity contribution < 1.29 is 8.42 Å². The van der Waals surface area contributed by atoms with Gasteiger partial charge in [0, 0.05) is 19.4 Å². The zero-order chi connectivity index (χ0) is 11.5. The van der Waals surface area contributed by atoms with Gasteiger partial charge in [0.2, 0.25) is 15.0 Å². The van der Waals surface area contributed by atoms with Crippen LogP contribution in [0.2, 0.25) is 0 Å². The summed E-state index contributed by atoms with van der Waals surface area (Å²) in [4.78, 5) is 5.81. The Hall–Kier alpha value is -0.880. The molecule has 0 bridgehead atoms. The highest BCUT2D eigenvalue weighted by atomic mass is 32.2. The van der Waals surface area contributed by atoms with Crippen LogP contribution >= 0.6 is 0 Å². The third-order valence-corrected chi connectivity index (χ3v) is 3.85. The summed E-state index contributed by atoms with van der Waals surface area (Å²) in [5, 5.41) is 0.154. The van der Waals surface area contributed by atoms with Crippen molar-refractivity contribution in [3.05, 3.63) is 12.4 Å². The maximum absolute atomic E-state index is 11.8. The third kappa shape index (κ3) is 3.32. The summed E-state index contributed by atoms with van der Waals surface area (Å²) in [6.07, 6.45) is 3.76. The minimum atomic E-state index is -3.22. The number of hydrogen-bond donors (Lipinski definition) is 0. The van der Waals surface area contributed by atoms with E-state index in [1.165, 1.54) is 10.8 Å². The minimum Gasteiger partial charge on any atom is -0.325 e. The SMILES string of the molecule is CN(C)CCCS(=O)(=O)c1nccn1C. The number of rotatable bonds is 5. The van der Waals surface area contributed by atoms with Crippen molar-refractivity contribution in [2.24, 2.45) is 7.05 Å². The van der Waals surface area contributed by atoms with Gasteiger partial charge in [-0.2, -0.15) is 0 Å². The van der Waals surface area contributed by atoms with E-state index in [9.17, 15) is 8.42 Å². The van der Waals surface area contributed by atoms with Crippen molar-refractivity contribution in [3.8, 4) is 0 Å². The summed E-state index contributed by atoms with van der Waals surface area (Å²) in [5.41, 5.74) is 0. The molecule has 0 saturated carbocycles. The van der Waals surface area contributed by atoms with Crippen molar-refractivity contribution in [1.29, 1.82) is 0 Å². The van der Waals surface area contributed by atoms with E-state index >= 15 is 0 Å². The maximum Gasteiger partial charge on any atom is 0.227 e. The molecule has 6 heteroatoms. The second-order valence-electron chi connectivity index (χ2n) is 3.80. The Morgan fingerprint density at radius 2 is 2.13 bits per heavy atom. The van der Waals surface area contributed by atoms with Gasteiger partial charge in [-0.25, -0.2) is 13.4 Å². The molecule has 0 spiro atoms. The first-order chi connectivity index (χ1) is 6.93. The largest absolute Gasteiger partial charge is 0.325 e. The average molecular weight is 231 g/mol. The van der Waals surface area contributed by atoms with Crippen LogP contribution in [0.1, 0.15) is 6.42 Å². The van der Waals surface area contributed by atoms with E-state index in [4.69, 9.17) is 0 Å². The van der Waals surface area contributed by atoms with Crippen molar-refractivity contribution >= 4 is 9.84 Å². The highest BCUT2D eigenvalue weighted by Crippen LogP contribution is 2.08. The number of nitrogens with zero attached hydrogens (tertiary/aromatic N) is 3. The number of sulfone groups is 1. The zero-order valence-corrected chi connectivity index (χ0v) is 10.2. The van der Waals surface area contributed by atoms with Crippen molar-refractivity contribution in [3.63, 3.8) is 0 Å². The van der Waals surface area contributed by atoms with Crippen molar-refractivity contribution in [2.45, 2.75) is 11.6 Å². The van der Waals surface area contributed by atoms with E-state index in [0.717, 1.165) is 6.54 Å². The van der Waals surface area contributed by atoms with Gasteiger partial charge in [-0.05, 0) is 27.1 Å². The van der Waals surface area contributed by atoms with Gasteiger partial charge in [0.15, 0.2) is 0 Å². The Balaban J connectivity index is 2.65. The fourth-order valence-electron chi connectivity index (χ4n) is 1.31. The van der Waals surface area contributed by atoms with Gasteiger partial charge in [0.1, 0.15) is 0 Å². The van der Waals surface area contributed by atoms with Crippen molar-refractivity contribution in [2.75, 3.05) is 26.4 Å². The van der Waals surface area contributed by atoms with Gasteiger partial charge in [-0.3, -0.25) is 0 Å². The van der Waals surface area contributed by atoms with Crippen LogP contribution in [0.5, 0.6) is 0 Å². The van der Waals surface area contributed by atoms with Crippen LogP contribution in [0.3, 0.4) is 0 Å². The summed E-state index contributed by atoms with van der Waals surface area (Å²) in [6, 6.07) is 0. The third-order valence-electron chi connectivity index (χ3n) is 2.07. The van der Waals surface area contributed by atoms with E-state index in [1.54, 1.807) is 13.2 Å². The van der Waals surface area contributed by atoms with Crippen LogP contribution in [0.25, 0.3) is 0 Å². The molecular formula is C9H17N3O2S. The molecular weight excluding hydrogens is 214 g/mol. The second-order valence-corrected chi connectivity index (χ2v) is 5.80. The van der Waals surface area contributed by atoms with Crippen LogP contribution in [0, 0.1) is 0 Å². The number of imidazole rings is 1. The molecule has 1 rings (SSSR count). The summed E-state index contributed by atoms with van der Waals surface area (Å²) in [6.45, 7) is 0.768. The minimum absolute atomic E-state index is 0.149. The van der Waals surface area contributed by atoms with Gasteiger partial charge in [0.05, 0.1) is 5.75 Å². The van der Waals surface area contributed by atoms with Gasteiger partial charge in [-0.1, -0.05) is 0 Å². The van der Waals surface area contributed by atoms with Gasteiger partial charge < -0.3 is 9.47 Å². The Labute approximate surface area is 90.6 Å². The maximum atomic E-state index is 11.8. The van der Waals surface area contributed by atoms with Gasteiger partial charge >= 0.3 is 0 Å². The Bertz CT molecular complexity index is 409. The first-order valence-electron chi connectivity index (χ1n) is 4.78. The standard InChI is InChI=1S/C9H17N3O2S/c1-11(2)6-4-8-15(13,14)9-10-5-7-12(9)3/h5,7H,4,6,8H2,1-3H3. The van der Waals surface area contributed by atoms with E-state index in [0.29, 0.717) is 6.42 Å². The Morgan fingerprint density at radius 1 is 1.47 bits per heavy atom. The summed E-state index contributed by atoms with van der Waals surface area (Å²) in [5.74, 6) is 0.149. The lowest BCUT2D eigenvalue weighted by molar-refractivity contribution is 0.408.